The molecule has 148 valence electrons. The van der Waals surface area contributed by atoms with Gasteiger partial charge in [0.2, 0.25) is 0 Å². The number of aromatic hydroxyl groups is 1. The number of hydrogen-bond donors (Lipinski definition) is 2. The largest absolute Gasteiger partial charge is 0.507 e. The van der Waals surface area contributed by atoms with Gasteiger partial charge in [-0.3, -0.25) is 4.90 Å². The molecule has 1 saturated heterocycles. The van der Waals surface area contributed by atoms with Gasteiger partial charge < -0.3 is 10.3 Å². The van der Waals surface area contributed by atoms with Crippen LogP contribution in [0, 0.1) is 11.8 Å². The van der Waals surface area contributed by atoms with Gasteiger partial charge in [0, 0.05) is 23.6 Å². The third-order valence-corrected chi connectivity index (χ3v) is 8.01. The highest BCUT2D eigenvalue weighted by atomic mass is 35.5. The highest BCUT2D eigenvalue weighted by Crippen LogP contribution is 2.56. The molecule has 1 heterocycles. The zero-order chi connectivity index (χ0) is 17.7. The van der Waals surface area contributed by atoms with Gasteiger partial charge in [0.1, 0.15) is 5.75 Å². The Morgan fingerprint density at radius 3 is 2.74 bits per heavy atom. The summed E-state index contributed by atoms with van der Waals surface area (Å²) in [7, 11) is 0. The molecule has 2 bridgehead atoms. The Kier molecular flexibility index (Phi) is 5.15. The van der Waals surface area contributed by atoms with Crippen LogP contribution in [0.5, 0.6) is 5.75 Å². The number of rotatable bonds is 3. The van der Waals surface area contributed by atoms with Crippen molar-refractivity contribution in [1.29, 1.82) is 0 Å². The van der Waals surface area contributed by atoms with Gasteiger partial charge in [0.15, 0.2) is 0 Å². The highest BCUT2D eigenvalue weighted by Gasteiger charge is 2.54. The molecule has 2 saturated carbocycles. The van der Waals surface area contributed by atoms with Gasteiger partial charge in [-0.2, -0.15) is 0 Å². The second-order valence-electron chi connectivity index (χ2n) is 9.13. The van der Waals surface area contributed by atoms with Crippen LogP contribution in [0.2, 0.25) is 0 Å². The third kappa shape index (κ3) is 2.96. The van der Waals surface area contributed by atoms with E-state index in [-0.39, 0.29) is 23.6 Å². The lowest BCUT2D eigenvalue weighted by Crippen LogP contribution is -2.61. The predicted octanol–water partition coefficient (Wildman–Crippen LogP) is 4.48. The number of halogens is 1. The first kappa shape index (κ1) is 19.1. The molecular weight excluding hydrogens is 360 g/mol. The SMILES string of the molecule is Cl.O/N=C\c1cc2c(cc1O)[C@@]13CCCC[C@H]1[C@@H](C2)N(CC1CCC1)CC3. The summed E-state index contributed by atoms with van der Waals surface area (Å²) < 4.78 is 0. The molecule has 1 aromatic rings. The summed E-state index contributed by atoms with van der Waals surface area (Å²) >= 11 is 0. The van der Waals surface area contributed by atoms with Crippen molar-refractivity contribution < 1.29 is 10.3 Å². The van der Waals surface area contributed by atoms with E-state index in [0.29, 0.717) is 11.6 Å². The Hall–Kier alpha value is -1.26. The number of nitrogens with zero attached hydrogens (tertiary/aromatic N) is 2. The second-order valence-corrected chi connectivity index (χ2v) is 9.13. The van der Waals surface area contributed by atoms with Gasteiger partial charge >= 0.3 is 0 Å². The first-order valence-corrected chi connectivity index (χ1v) is 10.5. The molecule has 5 heteroatoms. The minimum Gasteiger partial charge on any atom is -0.507 e. The Balaban J connectivity index is 0.00000180. The minimum absolute atomic E-state index is 0. The molecule has 5 rings (SSSR count). The monoisotopic (exact) mass is 390 g/mol. The molecule has 3 aliphatic carbocycles. The van der Waals surface area contributed by atoms with Gasteiger partial charge in [-0.05, 0) is 80.2 Å². The van der Waals surface area contributed by atoms with E-state index in [9.17, 15) is 5.11 Å². The quantitative estimate of drug-likeness (QED) is 0.454. The van der Waals surface area contributed by atoms with Crippen LogP contribution in [0.15, 0.2) is 17.3 Å². The van der Waals surface area contributed by atoms with E-state index in [0.717, 1.165) is 18.3 Å². The molecule has 0 unspecified atom stereocenters. The van der Waals surface area contributed by atoms with E-state index in [1.165, 1.54) is 81.8 Å². The molecule has 4 nitrogen and oxygen atoms in total. The first-order valence-electron chi connectivity index (χ1n) is 10.5. The maximum absolute atomic E-state index is 10.5. The minimum atomic E-state index is 0. The van der Waals surface area contributed by atoms with E-state index >= 15 is 0 Å². The number of phenols is 1. The van der Waals surface area contributed by atoms with Crippen LogP contribution in [-0.2, 0) is 11.8 Å². The number of phenolic OH excluding ortho intramolecular Hbond substituents is 1. The molecule has 1 aromatic carbocycles. The summed E-state index contributed by atoms with van der Waals surface area (Å²) in [6.45, 7) is 2.51. The van der Waals surface area contributed by atoms with Crippen molar-refractivity contribution in [2.24, 2.45) is 17.0 Å². The fourth-order valence-corrected chi connectivity index (χ4v) is 6.55. The standard InChI is InChI=1S/C22H30N2O2.ClH/c25-21-12-19-16(10-17(21)13-23-26)11-20-18-6-1-2-7-22(18,19)8-9-24(20)14-15-4-3-5-15;/h10,12-13,15,18,20,25-26H,1-9,11,14H2;1H/b23-13-;/t18-,20+,22+;/m0./s1. The van der Waals surface area contributed by atoms with Crippen molar-refractivity contribution in [2.45, 2.75) is 69.2 Å². The molecule has 0 aromatic heterocycles. The third-order valence-electron chi connectivity index (χ3n) is 8.01. The molecule has 3 atom stereocenters. The summed E-state index contributed by atoms with van der Waals surface area (Å²) in [4.78, 5) is 2.81. The number of hydrogen-bond acceptors (Lipinski definition) is 4. The maximum Gasteiger partial charge on any atom is 0.124 e. The molecule has 1 aliphatic heterocycles. The number of benzene rings is 1. The highest BCUT2D eigenvalue weighted by molar-refractivity contribution is 5.85. The van der Waals surface area contributed by atoms with Gasteiger partial charge in [-0.1, -0.05) is 24.4 Å². The number of fused-ring (bicyclic) bond motifs is 1. The van der Waals surface area contributed by atoms with Crippen LogP contribution in [0.4, 0.5) is 0 Å². The molecule has 2 N–H and O–H groups in total. The Morgan fingerprint density at radius 2 is 2.00 bits per heavy atom. The zero-order valence-corrected chi connectivity index (χ0v) is 16.8. The fraction of sp³-hybridized carbons (Fsp3) is 0.682. The Labute approximate surface area is 168 Å². The topological polar surface area (TPSA) is 56.1 Å². The first-order chi connectivity index (χ1) is 12.7. The van der Waals surface area contributed by atoms with Crippen molar-refractivity contribution in [1.82, 2.24) is 4.90 Å². The van der Waals surface area contributed by atoms with E-state index in [1.807, 2.05) is 6.07 Å². The molecular formula is C22H31ClN2O2. The lowest BCUT2D eigenvalue weighted by atomic mass is 9.52. The van der Waals surface area contributed by atoms with Crippen LogP contribution in [0.3, 0.4) is 0 Å². The predicted molar refractivity (Wildman–Crippen MR) is 109 cm³/mol. The van der Waals surface area contributed by atoms with Gasteiger partial charge in [-0.15, -0.1) is 12.4 Å². The lowest BCUT2D eigenvalue weighted by Gasteiger charge is -2.59. The van der Waals surface area contributed by atoms with E-state index in [1.54, 1.807) is 0 Å². The molecule has 3 fully saturated rings. The summed E-state index contributed by atoms with van der Waals surface area (Å²) in [5.41, 5.74) is 3.67. The van der Waals surface area contributed by atoms with Gasteiger partial charge in [0.25, 0.3) is 0 Å². The normalized spacial score (nSPS) is 33.0. The van der Waals surface area contributed by atoms with Crippen molar-refractivity contribution in [3.63, 3.8) is 0 Å². The summed E-state index contributed by atoms with van der Waals surface area (Å²) in [6, 6.07) is 4.74. The number of oxime groups is 1. The van der Waals surface area contributed by atoms with Gasteiger partial charge in [-0.25, -0.2) is 0 Å². The molecule has 27 heavy (non-hydrogen) atoms. The van der Waals surface area contributed by atoms with E-state index in [2.05, 4.69) is 16.1 Å². The molecule has 4 aliphatic rings. The summed E-state index contributed by atoms with van der Waals surface area (Å²) in [6.07, 6.45) is 13.2. The fourth-order valence-electron chi connectivity index (χ4n) is 6.55. The number of piperidine rings is 1. The van der Waals surface area contributed by atoms with Crippen LogP contribution < -0.4 is 0 Å². The van der Waals surface area contributed by atoms with Crippen molar-refractivity contribution >= 4 is 18.6 Å². The summed E-state index contributed by atoms with van der Waals surface area (Å²) in [5, 5.41) is 22.5. The van der Waals surface area contributed by atoms with Crippen LogP contribution in [0.1, 0.15) is 68.1 Å². The number of likely N-dealkylation sites (tertiary alicyclic amines) is 1. The maximum atomic E-state index is 10.5. The lowest BCUT2D eigenvalue weighted by molar-refractivity contribution is -0.0240. The Morgan fingerprint density at radius 1 is 1.15 bits per heavy atom. The van der Waals surface area contributed by atoms with Crippen LogP contribution >= 0.6 is 12.4 Å². The average molecular weight is 391 g/mol. The van der Waals surface area contributed by atoms with Crippen LogP contribution in [0.25, 0.3) is 0 Å². The van der Waals surface area contributed by atoms with E-state index < -0.39 is 0 Å². The smallest absolute Gasteiger partial charge is 0.124 e. The molecule has 0 radical (unpaired) electrons. The van der Waals surface area contributed by atoms with Gasteiger partial charge in [0.05, 0.1) is 6.21 Å². The van der Waals surface area contributed by atoms with Crippen molar-refractivity contribution in [3.8, 4) is 5.75 Å². The zero-order valence-electron chi connectivity index (χ0n) is 15.9. The average Bonchev–Trinajstić information content (AvgIpc) is 2.61. The summed E-state index contributed by atoms with van der Waals surface area (Å²) in [5.74, 6) is 1.93. The van der Waals surface area contributed by atoms with Crippen LogP contribution in [-0.4, -0.2) is 40.6 Å². The second kappa shape index (κ2) is 7.29. The van der Waals surface area contributed by atoms with Crippen molar-refractivity contribution in [2.75, 3.05) is 13.1 Å². The Bertz CT molecular complexity index is 733. The van der Waals surface area contributed by atoms with Crippen molar-refractivity contribution in [3.05, 3.63) is 28.8 Å². The van der Waals surface area contributed by atoms with E-state index in [4.69, 9.17) is 5.21 Å². The molecule has 0 amide bonds. The molecule has 0 spiro atoms.